The number of unbranched alkanes of at least 4 members (excludes halogenated alkanes) is 1. The second-order valence-corrected chi connectivity index (χ2v) is 1.000. The molecule has 0 atom stereocenters. The van der Waals surface area contributed by atoms with Gasteiger partial charge in [0.05, 0.1) is 0 Å². The quantitative estimate of drug-likeness (QED) is 0.477. The Morgan fingerprint density at radius 3 is 1.17 bits per heavy atom. The number of hydrogen-bond acceptors (Lipinski definition) is 0. The van der Waals surface area contributed by atoms with Gasteiger partial charge in [-0.15, -0.1) is 0 Å². The SMILES string of the molecule is CCCC.[Fe].[NaH]. The third-order valence-electron chi connectivity index (χ3n) is 0.500. The first kappa shape index (κ1) is 15.6. The molecule has 0 unspecified atom stereocenters. The minimum atomic E-state index is 0. The van der Waals surface area contributed by atoms with E-state index in [0.717, 1.165) is 0 Å². The monoisotopic (exact) mass is 138 g/mol. The Hall–Kier alpha value is 1.52. The Bertz CT molecular complexity index is 9.51. The van der Waals surface area contributed by atoms with Crippen molar-refractivity contribution in [3.05, 3.63) is 0 Å². The van der Waals surface area contributed by atoms with Crippen molar-refractivity contribution < 1.29 is 17.1 Å². The van der Waals surface area contributed by atoms with Gasteiger partial charge in [-0.3, -0.25) is 0 Å². The van der Waals surface area contributed by atoms with Crippen molar-refractivity contribution in [1.82, 2.24) is 0 Å². The molecule has 6 heavy (non-hydrogen) atoms. The van der Waals surface area contributed by atoms with E-state index in [2.05, 4.69) is 13.8 Å². The first-order valence-electron chi connectivity index (χ1n) is 1.91. The average molecular weight is 138 g/mol. The van der Waals surface area contributed by atoms with Gasteiger partial charge in [0.1, 0.15) is 0 Å². The maximum absolute atomic E-state index is 2.18. The molecule has 36 valence electrons. The van der Waals surface area contributed by atoms with E-state index in [-0.39, 0.29) is 46.6 Å². The first-order chi connectivity index (χ1) is 1.91. The average Bonchev–Trinajstić information content (AvgIpc) is 1.37. The van der Waals surface area contributed by atoms with Gasteiger partial charge in [0.15, 0.2) is 0 Å². The van der Waals surface area contributed by atoms with Gasteiger partial charge in [-0.1, -0.05) is 26.7 Å². The maximum atomic E-state index is 2.18. The molecule has 0 aliphatic rings. The van der Waals surface area contributed by atoms with Gasteiger partial charge in [0.25, 0.3) is 0 Å². The fourth-order valence-corrected chi connectivity index (χ4v) is 0. The minimum absolute atomic E-state index is 0. The van der Waals surface area contributed by atoms with Crippen molar-refractivity contribution in [2.45, 2.75) is 26.7 Å². The molecule has 0 fully saturated rings. The molecule has 0 rings (SSSR count). The Labute approximate surface area is 72.8 Å². The summed E-state index contributed by atoms with van der Waals surface area (Å²) >= 11 is 0. The Kier molecular flexibility index (Phi) is 41.8. The Morgan fingerprint density at radius 2 is 1.17 bits per heavy atom. The van der Waals surface area contributed by atoms with E-state index in [9.17, 15) is 0 Å². The zero-order valence-corrected chi connectivity index (χ0v) is 4.87. The molecule has 2 heteroatoms. The summed E-state index contributed by atoms with van der Waals surface area (Å²) in [5, 5.41) is 0. The molecule has 0 aliphatic carbocycles. The van der Waals surface area contributed by atoms with Crippen LogP contribution in [0.4, 0.5) is 0 Å². The zero-order chi connectivity index (χ0) is 3.41. The van der Waals surface area contributed by atoms with E-state index in [1.165, 1.54) is 12.8 Å². The van der Waals surface area contributed by atoms with Crippen LogP contribution in [-0.2, 0) is 17.1 Å². The Morgan fingerprint density at radius 1 is 1.00 bits per heavy atom. The summed E-state index contributed by atoms with van der Waals surface area (Å²) in [7, 11) is 0. The fourth-order valence-electron chi connectivity index (χ4n) is 0. The molecule has 0 heterocycles. The molecule has 0 spiro atoms. The molecule has 0 aliphatic heterocycles. The second kappa shape index (κ2) is 16.0. The van der Waals surface area contributed by atoms with Gasteiger partial charge in [0, 0.05) is 17.1 Å². The Balaban J connectivity index is -0.0000000450. The van der Waals surface area contributed by atoms with Crippen LogP contribution in [0, 0.1) is 0 Å². The molecule has 0 radical (unpaired) electrons. The topological polar surface area (TPSA) is 0 Å². The molecule has 0 nitrogen and oxygen atoms in total. The molecular formula is C4H11FeNa. The molecule has 0 bridgehead atoms. The third-order valence-corrected chi connectivity index (χ3v) is 0.500. The van der Waals surface area contributed by atoms with Crippen LogP contribution in [0.3, 0.4) is 0 Å². The normalized spacial score (nSPS) is 5.00. The van der Waals surface area contributed by atoms with E-state index in [4.69, 9.17) is 0 Å². The molecular weight excluding hydrogens is 127 g/mol. The van der Waals surface area contributed by atoms with Crippen molar-refractivity contribution in [2.24, 2.45) is 0 Å². The van der Waals surface area contributed by atoms with Gasteiger partial charge < -0.3 is 0 Å². The summed E-state index contributed by atoms with van der Waals surface area (Å²) in [5.74, 6) is 0. The van der Waals surface area contributed by atoms with Gasteiger partial charge in [0.2, 0.25) is 0 Å². The summed E-state index contributed by atoms with van der Waals surface area (Å²) in [4.78, 5) is 0. The van der Waals surface area contributed by atoms with Crippen LogP contribution in [-0.4, -0.2) is 29.6 Å². The summed E-state index contributed by atoms with van der Waals surface area (Å²) in [6, 6.07) is 0. The predicted octanol–water partition coefficient (Wildman–Crippen LogP) is 1.16. The van der Waals surface area contributed by atoms with Gasteiger partial charge >= 0.3 is 29.6 Å². The summed E-state index contributed by atoms with van der Waals surface area (Å²) in [6.07, 6.45) is 2.64. The van der Waals surface area contributed by atoms with E-state index >= 15 is 0 Å². The summed E-state index contributed by atoms with van der Waals surface area (Å²) < 4.78 is 0. The van der Waals surface area contributed by atoms with E-state index in [0.29, 0.717) is 0 Å². The predicted molar refractivity (Wildman–Crippen MR) is 27.7 cm³/mol. The van der Waals surface area contributed by atoms with Crippen molar-refractivity contribution in [2.75, 3.05) is 0 Å². The van der Waals surface area contributed by atoms with Crippen LogP contribution >= 0.6 is 0 Å². The van der Waals surface area contributed by atoms with Gasteiger partial charge in [-0.25, -0.2) is 0 Å². The summed E-state index contributed by atoms with van der Waals surface area (Å²) in [5.41, 5.74) is 0. The van der Waals surface area contributed by atoms with Crippen LogP contribution in [0.5, 0.6) is 0 Å². The fraction of sp³-hybridized carbons (Fsp3) is 1.00. The molecule has 0 saturated heterocycles. The zero-order valence-electron chi connectivity index (χ0n) is 3.77. The van der Waals surface area contributed by atoms with E-state index < -0.39 is 0 Å². The molecule has 0 aromatic heterocycles. The van der Waals surface area contributed by atoms with Crippen LogP contribution in [0.2, 0.25) is 0 Å². The number of hydrogen-bond donors (Lipinski definition) is 0. The van der Waals surface area contributed by atoms with Crippen LogP contribution in [0.25, 0.3) is 0 Å². The second-order valence-electron chi connectivity index (χ2n) is 1.000. The molecule has 0 aromatic carbocycles. The third kappa shape index (κ3) is 17.8. The van der Waals surface area contributed by atoms with Crippen LogP contribution < -0.4 is 0 Å². The van der Waals surface area contributed by atoms with Crippen molar-refractivity contribution in [3.63, 3.8) is 0 Å². The first-order valence-corrected chi connectivity index (χ1v) is 1.91. The standard InChI is InChI=1S/C4H10.Fe.Na.H/c1-3-4-2;;;/h3-4H2,1-2H3;;;. The molecule has 0 amide bonds. The van der Waals surface area contributed by atoms with Crippen molar-refractivity contribution in [1.29, 1.82) is 0 Å². The molecule has 0 aromatic rings. The molecule has 0 N–H and O–H groups in total. The van der Waals surface area contributed by atoms with Crippen molar-refractivity contribution >= 4 is 29.6 Å². The van der Waals surface area contributed by atoms with Crippen LogP contribution in [0.1, 0.15) is 26.7 Å². The van der Waals surface area contributed by atoms with Crippen LogP contribution in [0.15, 0.2) is 0 Å². The molecule has 0 saturated carbocycles. The van der Waals surface area contributed by atoms with Gasteiger partial charge in [-0.05, 0) is 0 Å². The number of rotatable bonds is 1. The van der Waals surface area contributed by atoms with Gasteiger partial charge in [-0.2, -0.15) is 0 Å². The van der Waals surface area contributed by atoms with Crippen molar-refractivity contribution in [3.8, 4) is 0 Å². The van der Waals surface area contributed by atoms with E-state index in [1.807, 2.05) is 0 Å². The summed E-state index contributed by atoms with van der Waals surface area (Å²) in [6.45, 7) is 4.36. The van der Waals surface area contributed by atoms with E-state index in [1.54, 1.807) is 0 Å².